The summed E-state index contributed by atoms with van der Waals surface area (Å²) in [5.74, 6) is 0.378. The van der Waals surface area contributed by atoms with E-state index in [2.05, 4.69) is 6.92 Å². The average Bonchev–Trinajstić information content (AvgIpc) is 2.61. The topological polar surface area (TPSA) is 55.8 Å². The molecule has 0 aromatic heterocycles. The van der Waals surface area contributed by atoms with E-state index in [0.717, 1.165) is 42.4 Å². The van der Waals surface area contributed by atoms with E-state index in [1.165, 1.54) is 0 Å². The summed E-state index contributed by atoms with van der Waals surface area (Å²) >= 11 is 0. The number of aromatic hydroxyl groups is 1. The van der Waals surface area contributed by atoms with E-state index < -0.39 is 5.41 Å². The highest BCUT2D eigenvalue weighted by atomic mass is 16.7. The van der Waals surface area contributed by atoms with Crippen LogP contribution in [0.3, 0.4) is 0 Å². The second kappa shape index (κ2) is 9.63. The number of hydrogen-bond acceptors (Lipinski definition) is 4. The molecule has 2 aromatic carbocycles. The summed E-state index contributed by atoms with van der Waals surface area (Å²) < 4.78 is 11.1. The first-order valence-electron chi connectivity index (χ1n) is 9.95. The Kier molecular flexibility index (Phi) is 7.50. The molecule has 4 nitrogen and oxygen atoms in total. The Morgan fingerprint density at radius 2 is 1.86 bits per heavy atom. The van der Waals surface area contributed by atoms with E-state index in [-0.39, 0.29) is 18.5 Å². The molecule has 0 amide bonds. The van der Waals surface area contributed by atoms with E-state index in [1.807, 2.05) is 37.3 Å². The van der Waals surface area contributed by atoms with Crippen LogP contribution in [0.5, 0.6) is 11.5 Å². The van der Waals surface area contributed by atoms with Crippen molar-refractivity contribution < 1.29 is 19.4 Å². The summed E-state index contributed by atoms with van der Waals surface area (Å²) in [6.07, 6.45) is 4.20. The molecule has 0 bridgehead atoms. The quantitative estimate of drug-likeness (QED) is 0.343. The molecule has 0 radical (unpaired) electrons. The standard InChI is InChI=1S/C24H32O4/c1-6-7-8-11-18-14-20(25)22(19-12-9-10-17(2)13-19)21(15-18)27-16-28-23(26)24(3,4)5/h9-10,12-15,25H,6-8,11,16H2,1-5H3. The zero-order valence-corrected chi connectivity index (χ0v) is 17.7. The van der Waals surface area contributed by atoms with Crippen molar-refractivity contribution in [2.75, 3.05) is 6.79 Å². The molecule has 1 N–H and O–H groups in total. The second-order valence-electron chi connectivity index (χ2n) is 8.26. The fourth-order valence-electron chi connectivity index (χ4n) is 2.95. The highest BCUT2D eigenvalue weighted by molar-refractivity contribution is 5.78. The van der Waals surface area contributed by atoms with Crippen molar-refractivity contribution in [3.63, 3.8) is 0 Å². The van der Waals surface area contributed by atoms with Gasteiger partial charge in [-0.15, -0.1) is 0 Å². The van der Waals surface area contributed by atoms with E-state index in [1.54, 1.807) is 26.8 Å². The SMILES string of the molecule is CCCCCc1cc(O)c(-c2cccc(C)c2)c(OCOC(=O)C(C)(C)C)c1. The number of phenolic OH excluding ortho intramolecular Hbond substituents is 1. The number of carbonyl (C=O) groups is 1. The average molecular weight is 385 g/mol. The second-order valence-corrected chi connectivity index (χ2v) is 8.26. The summed E-state index contributed by atoms with van der Waals surface area (Å²) in [6.45, 7) is 9.38. The van der Waals surface area contributed by atoms with Gasteiger partial charge in [-0.25, -0.2) is 0 Å². The normalized spacial score (nSPS) is 11.3. The van der Waals surface area contributed by atoms with E-state index in [0.29, 0.717) is 11.3 Å². The van der Waals surface area contributed by atoms with Crippen LogP contribution in [0.25, 0.3) is 11.1 Å². The minimum absolute atomic E-state index is 0.178. The van der Waals surface area contributed by atoms with Gasteiger partial charge in [-0.3, -0.25) is 4.79 Å². The van der Waals surface area contributed by atoms with Crippen LogP contribution in [0.2, 0.25) is 0 Å². The molecule has 0 atom stereocenters. The molecule has 0 aliphatic rings. The lowest BCUT2D eigenvalue weighted by Gasteiger charge is -2.19. The maximum Gasteiger partial charge on any atom is 0.314 e. The molecule has 0 spiro atoms. The van der Waals surface area contributed by atoms with Crippen LogP contribution in [0, 0.1) is 12.3 Å². The summed E-state index contributed by atoms with van der Waals surface area (Å²) in [5.41, 5.74) is 3.01. The van der Waals surface area contributed by atoms with Crippen LogP contribution in [0.4, 0.5) is 0 Å². The van der Waals surface area contributed by atoms with Gasteiger partial charge in [-0.05, 0) is 63.8 Å². The van der Waals surface area contributed by atoms with Crippen LogP contribution >= 0.6 is 0 Å². The van der Waals surface area contributed by atoms with Gasteiger partial charge < -0.3 is 14.6 Å². The van der Waals surface area contributed by atoms with Gasteiger partial charge in [-0.1, -0.05) is 49.6 Å². The number of carbonyl (C=O) groups excluding carboxylic acids is 1. The Morgan fingerprint density at radius 1 is 1.11 bits per heavy atom. The zero-order valence-electron chi connectivity index (χ0n) is 17.7. The van der Waals surface area contributed by atoms with E-state index in [4.69, 9.17) is 9.47 Å². The first-order valence-corrected chi connectivity index (χ1v) is 9.95. The van der Waals surface area contributed by atoms with Gasteiger partial charge in [0.2, 0.25) is 6.79 Å². The number of aryl methyl sites for hydroxylation is 2. The molecule has 0 aliphatic carbocycles. The van der Waals surface area contributed by atoms with Crippen molar-refractivity contribution in [3.05, 3.63) is 47.5 Å². The van der Waals surface area contributed by atoms with Gasteiger partial charge in [0.25, 0.3) is 0 Å². The Hall–Kier alpha value is -2.49. The molecule has 2 rings (SSSR count). The number of unbranched alkanes of at least 4 members (excludes halogenated alkanes) is 2. The Morgan fingerprint density at radius 3 is 2.50 bits per heavy atom. The van der Waals surface area contributed by atoms with Crippen molar-refractivity contribution in [2.24, 2.45) is 5.41 Å². The third-order valence-electron chi connectivity index (χ3n) is 4.53. The number of ether oxygens (including phenoxy) is 2. The van der Waals surface area contributed by atoms with Gasteiger partial charge in [0.05, 0.1) is 11.0 Å². The predicted molar refractivity (Wildman–Crippen MR) is 113 cm³/mol. The highest BCUT2D eigenvalue weighted by Crippen LogP contribution is 2.39. The molecule has 0 saturated carbocycles. The van der Waals surface area contributed by atoms with E-state index in [9.17, 15) is 9.90 Å². The monoisotopic (exact) mass is 384 g/mol. The fourth-order valence-corrected chi connectivity index (χ4v) is 2.95. The molecular weight excluding hydrogens is 352 g/mol. The smallest absolute Gasteiger partial charge is 0.314 e. The number of benzene rings is 2. The molecule has 0 fully saturated rings. The molecule has 0 saturated heterocycles. The van der Waals surface area contributed by atoms with Crippen LogP contribution in [0.1, 0.15) is 58.1 Å². The van der Waals surface area contributed by atoms with Crippen molar-refractivity contribution in [1.82, 2.24) is 0 Å². The number of esters is 1. The third-order valence-corrected chi connectivity index (χ3v) is 4.53. The van der Waals surface area contributed by atoms with Gasteiger partial charge >= 0.3 is 5.97 Å². The van der Waals surface area contributed by atoms with Crippen molar-refractivity contribution in [3.8, 4) is 22.6 Å². The summed E-state index contributed by atoms with van der Waals surface area (Å²) in [4.78, 5) is 12.0. The van der Waals surface area contributed by atoms with Crippen LogP contribution in [-0.2, 0) is 16.0 Å². The van der Waals surface area contributed by atoms with Crippen LogP contribution in [0.15, 0.2) is 36.4 Å². The molecule has 0 aliphatic heterocycles. The largest absolute Gasteiger partial charge is 0.507 e. The maximum atomic E-state index is 12.0. The molecule has 4 heteroatoms. The van der Waals surface area contributed by atoms with E-state index >= 15 is 0 Å². The lowest BCUT2D eigenvalue weighted by molar-refractivity contribution is -0.159. The number of phenols is 1. The minimum Gasteiger partial charge on any atom is -0.507 e. The fraction of sp³-hybridized carbons (Fsp3) is 0.458. The third kappa shape index (κ3) is 6.01. The summed E-state index contributed by atoms with van der Waals surface area (Å²) in [6, 6.07) is 11.6. The molecule has 28 heavy (non-hydrogen) atoms. The number of hydrogen-bond donors (Lipinski definition) is 1. The molecule has 2 aromatic rings. The lowest BCUT2D eigenvalue weighted by Crippen LogP contribution is -2.24. The minimum atomic E-state index is -0.590. The highest BCUT2D eigenvalue weighted by Gasteiger charge is 2.23. The summed E-state index contributed by atoms with van der Waals surface area (Å²) in [7, 11) is 0. The Labute approximate surface area is 168 Å². The van der Waals surface area contributed by atoms with Gasteiger partial charge in [-0.2, -0.15) is 0 Å². The van der Waals surface area contributed by atoms with Gasteiger partial charge in [0.1, 0.15) is 11.5 Å². The van der Waals surface area contributed by atoms with Crippen molar-refractivity contribution in [2.45, 2.75) is 60.3 Å². The zero-order chi connectivity index (χ0) is 20.7. The van der Waals surface area contributed by atoms with Crippen LogP contribution < -0.4 is 4.74 Å². The van der Waals surface area contributed by atoms with Crippen molar-refractivity contribution in [1.29, 1.82) is 0 Å². The molecule has 0 unspecified atom stereocenters. The van der Waals surface area contributed by atoms with Crippen LogP contribution in [-0.4, -0.2) is 17.9 Å². The Bertz CT molecular complexity index is 803. The molecule has 0 heterocycles. The first-order chi connectivity index (χ1) is 13.2. The first kappa shape index (κ1) is 21.8. The lowest BCUT2D eigenvalue weighted by atomic mass is 9.97. The predicted octanol–water partition coefficient (Wildman–Crippen LogP) is 6.03. The van der Waals surface area contributed by atoms with Gasteiger partial charge in [0.15, 0.2) is 0 Å². The molecule has 152 valence electrons. The molecular formula is C24H32O4. The summed E-state index contributed by atoms with van der Waals surface area (Å²) in [5, 5.41) is 10.7. The maximum absolute atomic E-state index is 12.0. The Balaban J connectivity index is 2.30. The number of rotatable bonds is 8. The van der Waals surface area contributed by atoms with Gasteiger partial charge in [0, 0.05) is 0 Å². The van der Waals surface area contributed by atoms with Crippen molar-refractivity contribution >= 4 is 5.97 Å².